The summed E-state index contributed by atoms with van der Waals surface area (Å²) in [6, 6.07) is 19.3. The van der Waals surface area contributed by atoms with Gasteiger partial charge in [0, 0.05) is 27.6 Å². The number of aromatic nitrogens is 4. The normalized spacial score (nSPS) is 11.4. The molecule has 0 atom stereocenters. The Morgan fingerprint density at radius 1 is 1.00 bits per heavy atom. The fourth-order valence-electron chi connectivity index (χ4n) is 3.07. The van der Waals surface area contributed by atoms with Gasteiger partial charge in [-0.05, 0) is 0 Å². The molecule has 0 fully saturated rings. The Balaban J connectivity index is 1.59. The zero-order valence-electron chi connectivity index (χ0n) is 16.5. The van der Waals surface area contributed by atoms with Gasteiger partial charge in [0.2, 0.25) is 10.3 Å². The maximum absolute atomic E-state index is 13.3. The summed E-state index contributed by atoms with van der Waals surface area (Å²) in [5.41, 5.74) is 3.01. The minimum absolute atomic E-state index is 0.190. The highest BCUT2D eigenvalue weighted by molar-refractivity contribution is 7.15. The van der Waals surface area contributed by atoms with Crippen LogP contribution < -0.4 is 5.56 Å². The van der Waals surface area contributed by atoms with Crippen molar-refractivity contribution < 1.29 is 0 Å². The van der Waals surface area contributed by atoms with Gasteiger partial charge < -0.3 is 0 Å². The minimum atomic E-state index is -0.337. The van der Waals surface area contributed by atoms with Crippen LogP contribution in [-0.4, -0.2) is 19.7 Å². The third-order valence-electron chi connectivity index (χ3n) is 4.59. The van der Waals surface area contributed by atoms with Gasteiger partial charge in [-0.15, -0.1) is 33.2 Å². The quantitative estimate of drug-likeness (QED) is 0.221. The van der Waals surface area contributed by atoms with Gasteiger partial charge in [-0.2, -0.15) is 4.68 Å². The van der Waals surface area contributed by atoms with Crippen LogP contribution in [0, 0.1) is 0 Å². The lowest BCUT2D eigenvalue weighted by atomic mass is 10.1. The number of nitrogens with one attached hydrogen (secondary N) is 1. The molecule has 0 aliphatic heterocycles. The molecular formula is C22H15ClN6OS2. The fraction of sp³-hybridized carbons (Fsp3) is 0.0455. The molecular weight excluding hydrogens is 464 g/mol. The summed E-state index contributed by atoms with van der Waals surface area (Å²) in [4.78, 5) is 23.0. The third kappa shape index (κ3) is 4.05. The van der Waals surface area contributed by atoms with Crippen molar-refractivity contribution in [2.24, 2.45) is 10.2 Å². The molecule has 0 saturated carbocycles. The number of hydrogen-bond donors (Lipinski definition) is 1. The first kappa shape index (κ1) is 20.5. The lowest BCUT2D eigenvalue weighted by molar-refractivity contribution is 0.843. The molecule has 3 heterocycles. The van der Waals surface area contributed by atoms with E-state index in [0.29, 0.717) is 21.8 Å². The molecule has 32 heavy (non-hydrogen) atoms. The molecule has 5 aromatic rings. The largest absolute Gasteiger partial charge is 0.301 e. The SMILES string of the molecule is O=c1c(N=Nc2ncc(CCl)s2)c(-c2ccccc2)[nH]n1-c1nc(-c2ccccc2)cs1. The second-order valence-corrected chi connectivity index (χ2v) is 8.86. The summed E-state index contributed by atoms with van der Waals surface area (Å²) in [5, 5.41) is 14.5. The van der Waals surface area contributed by atoms with Gasteiger partial charge in [-0.1, -0.05) is 72.0 Å². The number of alkyl halides is 1. The van der Waals surface area contributed by atoms with Crippen LogP contribution in [0.25, 0.3) is 27.6 Å². The van der Waals surface area contributed by atoms with Crippen molar-refractivity contribution in [3.8, 4) is 27.6 Å². The second-order valence-electron chi connectivity index (χ2n) is 6.67. The number of benzene rings is 2. The van der Waals surface area contributed by atoms with Crippen LogP contribution in [0.15, 0.2) is 87.3 Å². The molecule has 2 aromatic carbocycles. The smallest absolute Gasteiger partial charge is 0.286 e. The maximum atomic E-state index is 13.3. The summed E-state index contributed by atoms with van der Waals surface area (Å²) in [7, 11) is 0. The number of thiazole rings is 2. The van der Waals surface area contributed by atoms with E-state index in [-0.39, 0.29) is 11.2 Å². The van der Waals surface area contributed by atoms with Crippen LogP contribution >= 0.6 is 34.3 Å². The predicted octanol–water partition coefficient (Wildman–Crippen LogP) is 6.57. The lowest BCUT2D eigenvalue weighted by Gasteiger charge is -1.98. The molecule has 10 heteroatoms. The predicted molar refractivity (Wildman–Crippen MR) is 129 cm³/mol. The van der Waals surface area contributed by atoms with E-state index in [1.807, 2.05) is 66.0 Å². The van der Waals surface area contributed by atoms with E-state index in [2.05, 4.69) is 25.3 Å². The Bertz CT molecular complexity index is 1440. The Labute approximate surface area is 195 Å². The number of azo groups is 1. The number of aromatic amines is 1. The molecule has 5 rings (SSSR count). The second kappa shape index (κ2) is 8.99. The van der Waals surface area contributed by atoms with Gasteiger partial charge in [0.1, 0.15) is 0 Å². The molecule has 1 N–H and O–H groups in total. The first-order chi connectivity index (χ1) is 15.7. The first-order valence-electron chi connectivity index (χ1n) is 9.57. The van der Waals surface area contributed by atoms with Crippen LogP contribution in [0.5, 0.6) is 0 Å². The average molecular weight is 479 g/mol. The highest BCUT2D eigenvalue weighted by Crippen LogP contribution is 2.30. The highest BCUT2D eigenvalue weighted by atomic mass is 35.5. The van der Waals surface area contributed by atoms with Crippen molar-refractivity contribution in [2.45, 2.75) is 5.88 Å². The van der Waals surface area contributed by atoms with Crippen molar-refractivity contribution in [1.82, 2.24) is 19.7 Å². The zero-order chi connectivity index (χ0) is 21.9. The summed E-state index contributed by atoms with van der Waals surface area (Å²) in [5.74, 6) is 0.354. The van der Waals surface area contributed by atoms with Crippen molar-refractivity contribution in [3.63, 3.8) is 0 Å². The fourth-order valence-corrected chi connectivity index (χ4v) is 4.67. The molecule has 0 aliphatic carbocycles. The molecule has 0 bridgehead atoms. The zero-order valence-corrected chi connectivity index (χ0v) is 18.9. The van der Waals surface area contributed by atoms with Crippen molar-refractivity contribution in [2.75, 3.05) is 0 Å². The molecule has 3 aromatic heterocycles. The van der Waals surface area contributed by atoms with Crippen molar-refractivity contribution in [3.05, 3.63) is 87.5 Å². The van der Waals surface area contributed by atoms with Gasteiger partial charge >= 0.3 is 5.56 Å². The Morgan fingerprint density at radius 3 is 2.41 bits per heavy atom. The molecule has 0 unspecified atom stereocenters. The summed E-state index contributed by atoms with van der Waals surface area (Å²) in [6.45, 7) is 0. The van der Waals surface area contributed by atoms with Gasteiger partial charge in [0.05, 0.1) is 17.3 Å². The van der Waals surface area contributed by atoms with Gasteiger partial charge in [-0.3, -0.25) is 9.89 Å². The minimum Gasteiger partial charge on any atom is -0.286 e. The number of halogens is 1. The monoisotopic (exact) mass is 478 g/mol. The van der Waals surface area contributed by atoms with E-state index in [0.717, 1.165) is 21.7 Å². The molecule has 0 amide bonds. The van der Waals surface area contributed by atoms with Gasteiger partial charge in [-0.25, -0.2) is 9.97 Å². The Kier molecular flexibility index (Phi) is 5.76. The van der Waals surface area contributed by atoms with E-state index in [4.69, 9.17) is 11.6 Å². The standard InChI is InChI=1S/C22H15ClN6OS2/c23-11-16-12-24-21(32-16)27-26-19-18(15-9-5-2-6-10-15)28-29(20(19)30)22-25-17(13-31-22)14-7-3-1-4-8-14/h1-10,12-13,28H,11H2. The summed E-state index contributed by atoms with van der Waals surface area (Å²) >= 11 is 8.54. The van der Waals surface area contributed by atoms with Crippen molar-refractivity contribution in [1.29, 1.82) is 0 Å². The van der Waals surface area contributed by atoms with Crippen LogP contribution in [0.1, 0.15) is 4.88 Å². The number of H-pyrrole nitrogens is 1. The van der Waals surface area contributed by atoms with Gasteiger partial charge in [0.25, 0.3) is 0 Å². The number of nitrogens with zero attached hydrogens (tertiary/aromatic N) is 5. The topological polar surface area (TPSA) is 88.3 Å². The average Bonchev–Trinajstić information content (AvgIpc) is 3.58. The van der Waals surface area contributed by atoms with Crippen LogP contribution in [0.3, 0.4) is 0 Å². The van der Waals surface area contributed by atoms with E-state index >= 15 is 0 Å². The summed E-state index contributed by atoms with van der Waals surface area (Å²) in [6.07, 6.45) is 1.65. The van der Waals surface area contributed by atoms with Crippen LogP contribution in [0.2, 0.25) is 0 Å². The molecule has 158 valence electrons. The van der Waals surface area contributed by atoms with E-state index < -0.39 is 0 Å². The molecule has 7 nitrogen and oxygen atoms in total. The van der Waals surface area contributed by atoms with Gasteiger partial charge in [0.15, 0.2) is 5.69 Å². The highest BCUT2D eigenvalue weighted by Gasteiger charge is 2.19. The molecule has 0 aliphatic rings. The number of rotatable bonds is 6. The summed E-state index contributed by atoms with van der Waals surface area (Å²) < 4.78 is 1.40. The Hall–Kier alpha value is -3.40. The third-order valence-corrected chi connectivity index (χ3v) is 6.74. The van der Waals surface area contributed by atoms with Crippen LogP contribution in [0.4, 0.5) is 10.8 Å². The van der Waals surface area contributed by atoms with E-state index in [1.165, 1.54) is 27.4 Å². The molecule has 0 spiro atoms. The number of hydrogen-bond acceptors (Lipinski definition) is 7. The lowest BCUT2D eigenvalue weighted by Crippen LogP contribution is -2.13. The van der Waals surface area contributed by atoms with Crippen molar-refractivity contribution >= 4 is 45.1 Å². The first-order valence-corrected chi connectivity index (χ1v) is 11.8. The maximum Gasteiger partial charge on any atom is 0.301 e. The van der Waals surface area contributed by atoms with E-state index in [1.54, 1.807) is 6.20 Å². The molecule has 0 saturated heterocycles. The Morgan fingerprint density at radius 2 is 1.72 bits per heavy atom. The molecule has 0 radical (unpaired) electrons. The van der Waals surface area contributed by atoms with Crippen LogP contribution in [-0.2, 0) is 5.88 Å². The van der Waals surface area contributed by atoms with E-state index in [9.17, 15) is 4.79 Å².